The molecule has 2 aromatic rings. The molecular weight excluding hydrogens is 489 g/mol. The van der Waals surface area contributed by atoms with Gasteiger partial charge in [-0.2, -0.15) is 13.2 Å². The maximum atomic E-state index is 13.5. The molecule has 0 saturated carbocycles. The number of carbonyl (C=O) groups excluding carboxylic acids is 1. The van der Waals surface area contributed by atoms with Crippen molar-refractivity contribution in [2.45, 2.75) is 52.1 Å². The van der Waals surface area contributed by atoms with Crippen molar-refractivity contribution in [3.8, 4) is 11.4 Å². The maximum absolute atomic E-state index is 13.5. The molecule has 1 amide bonds. The second kappa shape index (κ2) is 10.9. The van der Waals surface area contributed by atoms with Gasteiger partial charge in [-0.05, 0) is 38.5 Å². The molecule has 0 radical (unpaired) electrons. The van der Waals surface area contributed by atoms with E-state index in [1.165, 1.54) is 22.6 Å². The van der Waals surface area contributed by atoms with E-state index in [0.717, 1.165) is 12.1 Å². The number of likely N-dealkylation sites (tertiary alicyclic amines) is 1. The number of benzene rings is 1. The number of aromatic nitrogens is 2. The molecule has 1 aliphatic rings. The highest BCUT2D eigenvalue weighted by Gasteiger charge is 2.37. The van der Waals surface area contributed by atoms with Crippen LogP contribution in [-0.4, -0.2) is 59.5 Å². The number of aryl methyl sites for hydroxylation is 1. The Balaban J connectivity index is 2.04. The van der Waals surface area contributed by atoms with Gasteiger partial charge in [0.25, 0.3) is 5.56 Å². The summed E-state index contributed by atoms with van der Waals surface area (Å²) in [5.41, 5.74) is -0.370. The molecule has 1 N–H and O–H groups in total. The molecule has 12 heteroatoms. The number of alkyl halides is 3. The lowest BCUT2D eigenvalue weighted by molar-refractivity contribution is -0.137. The molecule has 2 atom stereocenters. The number of halogens is 4. The predicted molar refractivity (Wildman–Crippen MR) is 126 cm³/mol. The summed E-state index contributed by atoms with van der Waals surface area (Å²) in [6.45, 7) is 6.58. The van der Waals surface area contributed by atoms with Gasteiger partial charge in [0.05, 0.1) is 42.1 Å². The minimum absolute atomic E-state index is 0.155. The van der Waals surface area contributed by atoms with Gasteiger partial charge in [0.15, 0.2) is 0 Å². The second-order valence-corrected chi connectivity index (χ2v) is 8.38. The van der Waals surface area contributed by atoms with Gasteiger partial charge in [-0.15, -0.1) is 0 Å². The first-order chi connectivity index (χ1) is 16.5. The van der Waals surface area contributed by atoms with E-state index in [9.17, 15) is 22.8 Å². The number of methoxy groups -OCH3 is 1. The molecule has 0 spiro atoms. The van der Waals surface area contributed by atoms with Gasteiger partial charge >= 0.3 is 12.3 Å². The Hall–Kier alpha value is -2.79. The van der Waals surface area contributed by atoms with Crippen LogP contribution in [0.1, 0.15) is 32.0 Å². The smallest absolute Gasteiger partial charge is 0.416 e. The van der Waals surface area contributed by atoms with Crippen LogP contribution in [0.3, 0.4) is 0 Å². The largest absolute Gasteiger partial charge is 0.453 e. The maximum Gasteiger partial charge on any atom is 0.416 e. The Bertz CT molecular complexity index is 1140. The van der Waals surface area contributed by atoms with Crippen LogP contribution in [0.15, 0.2) is 23.0 Å². The van der Waals surface area contributed by atoms with Gasteiger partial charge in [0.1, 0.15) is 11.5 Å². The number of amides is 1. The van der Waals surface area contributed by atoms with Crippen molar-refractivity contribution in [3.63, 3.8) is 0 Å². The number of nitrogens with one attached hydrogen (secondary N) is 1. The number of rotatable bonds is 7. The second-order valence-electron chi connectivity index (χ2n) is 7.97. The zero-order valence-electron chi connectivity index (χ0n) is 19.9. The number of nitrogens with zero attached hydrogens (tertiary/aromatic N) is 3. The van der Waals surface area contributed by atoms with Crippen molar-refractivity contribution >= 4 is 23.4 Å². The van der Waals surface area contributed by atoms with E-state index in [1.807, 2.05) is 13.8 Å². The van der Waals surface area contributed by atoms with Crippen molar-refractivity contribution in [2.24, 2.45) is 0 Å². The first-order valence-corrected chi connectivity index (χ1v) is 11.6. The number of carbonyl (C=O) groups is 1. The first-order valence-electron chi connectivity index (χ1n) is 11.3. The Morgan fingerprint density at radius 3 is 2.51 bits per heavy atom. The molecular formula is C23H28ClF3N4O4. The fourth-order valence-corrected chi connectivity index (χ4v) is 4.40. The van der Waals surface area contributed by atoms with Crippen LogP contribution in [0.2, 0.25) is 5.02 Å². The number of anilines is 1. The van der Waals surface area contributed by atoms with Crippen LogP contribution in [0, 0.1) is 0 Å². The third-order valence-electron chi connectivity index (χ3n) is 5.84. The van der Waals surface area contributed by atoms with Crippen molar-refractivity contribution in [3.05, 3.63) is 44.8 Å². The molecule has 0 aliphatic carbocycles. The highest BCUT2D eigenvalue weighted by molar-refractivity contribution is 6.33. The van der Waals surface area contributed by atoms with E-state index in [1.54, 1.807) is 6.92 Å². The van der Waals surface area contributed by atoms with Crippen LogP contribution < -0.4 is 10.9 Å². The van der Waals surface area contributed by atoms with Crippen LogP contribution in [-0.2, 0) is 28.6 Å². The Morgan fingerprint density at radius 1 is 1.26 bits per heavy atom. The SMILES string of the molecule is CCO[C@H]1CN(C(=O)OC)C[C@H]1Nc1c(CC)nc(-c2ccc(C(F)(F)F)cc2Cl)n(CC)c1=O. The first kappa shape index (κ1) is 26.8. The van der Waals surface area contributed by atoms with Gasteiger partial charge < -0.3 is 19.7 Å². The minimum atomic E-state index is -4.54. The quantitative estimate of drug-likeness (QED) is 0.586. The predicted octanol–water partition coefficient (Wildman–Crippen LogP) is 4.43. The van der Waals surface area contributed by atoms with E-state index in [4.69, 9.17) is 21.1 Å². The van der Waals surface area contributed by atoms with Crippen LogP contribution in [0.25, 0.3) is 11.4 Å². The van der Waals surface area contributed by atoms with Gasteiger partial charge in [0, 0.05) is 25.3 Å². The third kappa shape index (κ3) is 5.56. The molecule has 35 heavy (non-hydrogen) atoms. The zero-order valence-corrected chi connectivity index (χ0v) is 20.7. The fourth-order valence-electron chi connectivity index (χ4n) is 4.13. The lowest BCUT2D eigenvalue weighted by Gasteiger charge is -2.23. The van der Waals surface area contributed by atoms with E-state index in [0.29, 0.717) is 25.3 Å². The summed E-state index contributed by atoms with van der Waals surface area (Å²) in [5, 5.41) is 3.06. The minimum Gasteiger partial charge on any atom is -0.453 e. The Labute approximate surface area is 206 Å². The lowest BCUT2D eigenvalue weighted by Crippen LogP contribution is -2.38. The summed E-state index contributed by atoms with van der Waals surface area (Å²) in [5.74, 6) is 0.183. The van der Waals surface area contributed by atoms with Gasteiger partial charge in [-0.25, -0.2) is 9.78 Å². The number of hydrogen-bond donors (Lipinski definition) is 1. The molecule has 8 nitrogen and oxygen atoms in total. The van der Waals surface area contributed by atoms with Gasteiger partial charge in [-0.3, -0.25) is 9.36 Å². The Morgan fingerprint density at radius 2 is 1.97 bits per heavy atom. The standard InChI is InChI=1S/C23H28ClF3N4O4/c1-5-16-19(28-17-11-30(22(33)34-4)12-18(17)35-7-3)21(32)31(6-2)20(29-16)14-9-8-13(10-15(14)24)23(25,26)27/h8-10,17-18,28H,5-7,11-12H2,1-4H3/t17-,18+/m1/s1. The van der Waals surface area contributed by atoms with Crippen molar-refractivity contribution in [1.29, 1.82) is 0 Å². The molecule has 2 heterocycles. The molecule has 1 aromatic heterocycles. The van der Waals surface area contributed by atoms with Crippen LogP contribution in [0.5, 0.6) is 0 Å². The van der Waals surface area contributed by atoms with Crippen LogP contribution >= 0.6 is 11.6 Å². The summed E-state index contributed by atoms with van der Waals surface area (Å²) < 4.78 is 51.2. The molecule has 0 bridgehead atoms. The topological polar surface area (TPSA) is 85.7 Å². The Kier molecular flexibility index (Phi) is 8.32. The molecule has 1 saturated heterocycles. The average molecular weight is 517 g/mol. The highest BCUT2D eigenvalue weighted by Crippen LogP contribution is 2.35. The summed E-state index contributed by atoms with van der Waals surface area (Å²) in [7, 11) is 1.29. The van der Waals surface area contributed by atoms with Crippen molar-refractivity contribution in [2.75, 3.05) is 32.1 Å². The summed E-state index contributed by atoms with van der Waals surface area (Å²) in [6.07, 6.45) is -5.03. The molecule has 0 unspecified atom stereocenters. The van der Waals surface area contributed by atoms with E-state index in [-0.39, 0.29) is 47.3 Å². The molecule has 1 aliphatic heterocycles. The highest BCUT2D eigenvalue weighted by atomic mass is 35.5. The lowest BCUT2D eigenvalue weighted by atomic mass is 10.1. The van der Waals surface area contributed by atoms with Crippen LogP contribution in [0.4, 0.5) is 23.7 Å². The zero-order chi connectivity index (χ0) is 25.9. The summed E-state index contributed by atoms with van der Waals surface area (Å²) in [6, 6.07) is 2.58. The number of ether oxygens (including phenoxy) is 2. The van der Waals surface area contributed by atoms with E-state index in [2.05, 4.69) is 10.3 Å². The average Bonchev–Trinajstić information content (AvgIpc) is 3.21. The molecule has 3 rings (SSSR count). The molecule has 192 valence electrons. The molecule has 1 fully saturated rings. The van der Waals surface area contributed by atoms with Crippen molar-refractivity contribution in [1.82, 2.24) is 14.5 Å². The fraction of sp³-hybridized carbons (Fsp3) is 0.522. The summed E-state index contributed by atoms with van der Waals surface area (Å²) in [4.78, 5) is 31.7. The van der Waals surface area contributed by atoms with Gasteiger partial charge in [-0.1, -0.05) is 18.5 Å². The van der Waals surface area contributed by atoms with E-state index >= 15 is 0 Å². The van der Waals surface area contributed by atoms with E-state index < -0.39 is 23.4 Å². The third-order valence-corrected chi connectivity index (χ3v) is 6.15. The molecule has 1 aromatic carbocycles. The van der Waals surface area contributed by atoms with Crippen molar-refractivity contribution < 1.29 is 27.4 Å². The normalized spacial score (nSPS) is 18.1. The number of hydrogen-bond acceptors (Lipinski definition) is 6. The van der Waals surface area contributed by atoms with Gasteiger partial charge in [0.2, 0.25) is 0 Å². The summed E-state index contributed by atoms with van der Waals surface area (Å²) >= 11 is 6.20. The monoisotopic (exact) mass is 516 g/mol.